The number of nitrogens with zero attached hydrogens (tertiary/aromatic N) is 2. The first-order valence-electron chi connectivity index (χ1n) is 4.83. The zero-order chi connectivity index (χ0) is 12.8. The number of anilines is 1. The van der Waals surface area contributed by atoms with Gasteiger partial charge < -0.3 is 11.1 Å². The predicted molar refractivity (Wildman–Crippen MR) is 62.8 cm³/mol. The van der Waals surface area contributed by atoms with Crippen LogP contribution < -0.4 is 11.1 Å². The molecule has 1 aromatic heterocycles. The van der Waals surface area contributed by atoms with Gasteiger partial charge in [0, 0.05) is 13.0 Å². The molecule has 1 aromatic rings. The molecule has 0 unspecified atom stereocenters. The fraction of sp³-hybridized carbons (Fsp3) is 0.333. The quantitative estimate of drug-likeness (QED) is 0.346. The van der Waals surface area contributed by atoms with Crippen LogP contribution in [0.1, 0.15) is 12.8 Å². The second-order valence-corrected chi connectivity index (χ2v) is 3.67. The van der Waals surface area contributed by atoms with E-state index in [1.165, 1.54) is 6.07 Å². The number of nitrogens with one attached hydrogen (secondary N) is 1. The molecule has 1 rings (SSSR count). The molecule has 0 aliphatic heterocycles. The van der Waals surface area contributed by atoms with Crippen molar-refractivity contribution < 1.29 is 9.72 Å². The Morgan fingerprint density at radius 3 is 2.88 bits per heavy atom. The van der Waals surface area contributed by atoms with E-state index < -0.39 is 10.8 Å². The molecule has 1 amide bonds. The largest absolute Gasteiger partial charge is 0.370 e. The second-order valence-electron chi connectivity index (χ2n) is 3.29. The normalized spacial score (nSPS) is 9.94. The molecule has 0 radical (unpaired) electrons. The first-order valence-corrected chi connectivity index (χ1v) is 5.21. The second kappa shape index (κ2) is 6.00. The molecule has 0 aromatic carbocycles. The third-order valence-electron chi connectivity index (χ3n) is 1.90. The molecule has 0 saturated heterocycles. The summed E-state index contributed by atoms with van der Waals surface area (Å²) in [5, 5.41) is 13.4. The minimum atomic E-state index is -0.553. The molecule has 0 saturated carbocycles. The zero-order valence-corrected chi connectivity index (χ0v) is 9.61. The highest BCUT2D eigenvalue weighted by Crippen LogP contribution is 2.20. The highest BCUT2D eigenvalue weighted by Gasteiger charge is 2.09. The Hall–Kier alpha value is -1.89. The van der Waals surface area contributed by atoms with Gasteiger partial charge >= 0.3 is 0 Å². The van der Waals surface area contributed by atoms with Crippen molar-refractivity contribution >= 4 is 29.0 Å². The van der Waals surface area contributed by atoms with Crippen LogP contribution in [0.3, 0.4) is 0 Å². The fourth-order valence-electron chi connectivity index (χ4n) is 1.16. The Bertz CT molecular complexity index is 438. The van der Waals surface area contributed by atoms with Crippen molar-refractivity contribution in [1.82, 2.24) is 4.98 Å². The van der Waals surface area contributed by atoms with Crippen LogP contribution in [0.5, 0.6) is 0 Å². The Morgan fingerprint density at radius 2 is 2.29 bits per heavy atom. The molecule has 0 spiro atoms. The first kappa shape index (κ1) is 13.2. The summed E-state index contributed by atoms with van der Waals surface area (Å²) in [4.78, 5) is 24.3. The lowest BCUT2D eigenvalue weighted by molar-refractivity contribution is -0.384. The van der Waals surface area contributed by atoms with Gasteiger partial charge in [0.2, 0.25) is 5.91 Å². The van der Waals surface area contributed by atoms with E-state index in [1.54, 1.807) is 0 Å². The highest BCUT2D eigenvalue weighted by atomic mass is 35.5. The maximum atomic E-state index is 10.6. The molecule has 0 atom stereocenters. The van der Waals surface area contributed by atoms with Crippen molar-refractivity contribution in [1.29, 1.82) is 0 Å². The molecule has 17 heavy (non-hydrogen) atoms. The van der Waals surface area contributed by atoms with Crippen molar-refractivity contribution in [2.45, 2.75) is 12.8 Å². The summed E-state index contributed by atoms with van der Waals surface area (Å²) in [5.74, 6) is -0.0921. The predicted octanol–water partition coefficient (Wildman–Crippen LogP) is 1.32. The number of nitrogens with two attached hydrogens (primary N) is 1. The maximum Gasteiger partial charge on any atom is 0.276 e. The number of rotatable bonds is 6. The van der Waals surface area contributed by atoms with Gasteiger partial charge in [0.15, 0.2) is 0 Å². The van der Waals surface area contributed by atoms with Gasteiger partial charge in [0.05, 0.1) is 17.1 Å². The first-order chi connectivity index (χ1) is 7.99. The molecule has 0 bridgehead atoms. The highest BCUT2D eigenvalue weighted by molar-refractivity contribution is 6.29. The van der Waals surface area contributed by atoms with Gasteiger partial charge in [-0.2, -0.15) is 0 Å². The summed E-state index contributed by atoms with van der Waals surface area (Å²) < 4.78 is 0. The lowest BCUT2D eigenvalue weighted by Crippen LogP contribution is -2.13. The molecular formula is C9H11ClN4O3. The number of amides is 1. The monoisotopic (exact) mass is 258 g/mol. The average Bonchev–Trinajstić information content (AvgIpc) is 2.23. The van der Waals surface area contributed by atoms with E-state index in [4.69, 9.17) is 17.3 Å². The van der Waals surface area contributed by atoms with Crippen molar-refractivity contribution in [2.24, 2.45) is 5.73 Å². The Balaban J connectivity index is 2.59. The lowest BCUT2D eigenvalue weighted by atomic mass is 10.3. The molecule has 0 fully saturated rings. The van der Waals surface area contributed by atoms with Crippen LogP contribution in [0.4, 0.5) is 11.5 Å². The van der Waals surface area contributed by atoms with Crippen LogP contribution in [0, 0.1) is 10.1 Å². The van der Waals surface area contributed by atoms with E-state index in [-0.39, 0.29) is 17.3 Å². The van der Waals surface area contributed by atoms with E-state index in [9.17, 15) is 14.9 Å². The number of carbonyl (C=O) groups excluding carboxylic acids is 1. The lowest BCUT2D eigenvalue weighted by Gasteiger charge is -2.04. The number of aromatic nitrogens is 1. The van der Waals surface area contributed by atoms with Crippen LogP contribution in [0.2, 0.25) is 5.15 Å². The number of hydrogen-bond acceptors (Lipinski definition) is 5. The van der Waals surface area contributed by atoms with Gasteiger partial charge in [-0.15, -0.1) is 0 Å². The van der Waals surface area contributed by atoms with E-state index in [0.717, 1.165) is 6.07 Å². The number of primary amides is 1. The number of halogens is 1. The van der Waals surface area contributed by atoms with E-state index in [2.05, 4.69) is 10.3 Å². The molecule has 1 heterocycles. The number of hydrogen-bond donors (Lipinski definition) is 2. The van der Waals surface area contributed by atoms with Gasteiger partial charge in [-0.1, -0.05) is 11.6 Å². The van der Waals surface area contributed by atoms with Crippen LogP contribution in [0.25, 0.3) is 0 Å². The standard InChI is InChI=1S/C9H11ClN4O3/c10-7-4-6(14(16)17)5-9(13-7)12-3-1-2-8(11)15/h4-5H,1-3H2,(H2,11,15)(H,12,13). The topological polar surface area (TPSA) is 111 Å². The van der Waals surface area contributed by atoms with Crippen LogP contribution in [0.15, 0.2) is 12.1 Å². The summed E-state index contributed by atoms with van der Waals surface area (Å²) in [5.41, 5.74) is 4.83. The maximum absolute atomic E-state index is 10.6. The average molecular weight is 259 g/mol. The van der Waals surface area contributed by atoms with E-state index in [0.29, 0.717) is 18.8 Å². The van der Waals surface area contributed by atoms with Gasteiger partial charge in [-0.3, -0.25) is 14.9 Å². The van der Waals surface area contributed by atoms with E-state index in [1.807, 2.05) is 0 Å². The fourth-order valence-corrected chi connectivity index (χ4v) is 1.36. The van der Waals surface area contributed by atoms with Crippen molar-refractivity contribution in [3.05, 3.63) is 27.4 Å². The number of nitro groups is 1. The third-order valence-corrected chi connectivity index (χ3v) is 2.09. The summed E-state index contributed by atoms with van der Waals surface area (Å²) in [6, 6.07) is 2.44. The molecular weight excluding hydrogens is 248 g/mol. The van der Waals surface area contributed by atoms with Crippen LogP contribution in [-0.2, 0) is 4.79 Å². The molecule has 8 heteroatoms. The zero-order valence-electron chi connectivity index (χ0n) is 8.85. The Morgan fingerprint density at radius 1 is 1.59 bits per heavy atom. The van der Waals surface area contributed by atoms with Gasteiger partial charge in [0.25, 0.3) is 5.69 Å². The molecule has 92 valence electrons. The minimum Gasteiger partial charge on any atom is -0.370 e. The number of pyridine rings is 1. The van der Waals surface area contributed by atoms with Crippen LogP contribution >= 0.6 is 11.6 Å². The minimum absolute atomic E-state index is 0.0385. The molecule has 0 aliphatic carbocycles. The Labute approximate surface area is 102 Å². The van der Waals surface area contributed by atoms with Gasteiger partial charge in [0.1, 0.15) is 11.0 Å². The van der Waals surface area contributed by atoms with Crippen LogP contribution in [-0.4, -0.2) is 22.4 Å². The summed E-state index contributed by atoms with van der Waals surface area (Å²) in [6.07, 6.45) is 0.771. The number of carbonyl (C=O) groups is 1. The third kappa shape index (κ3) is 4.64. The van der Waals surface area contributed by atoms with Gasteiger partial charge in [-0.25, -0.2) is 4.98 Å². The van der Waals surface area contributed by atoms with Crippen molar-refractivity contribution in [3.8, 4) is 0 Å². The molecule has 7 nitrogen and oxygen atoms in total. The van der Waals surface area contributed by atoms with Crippen molar-refractivity contribution in [3.63, 3.8) is 0 Å². The Kier molecular flexibility index (Phi) is 4.65. The van der Waals surface area contributed by atoms with Gasteiger partial charge in [-0.05, 0) is 6.42 Å². The SMILES string of the molecule is NC(=O)CCCNc1cc([N+](=O)[O-])cc(Cl)n1. The van der Waals surface area contributed by atoms with E-state index >= 15 is 0 Å². The summed E-state index contributed by atoms with van der Waals surface area (Å²) >= 11 is 5.63. The molecule has 0 aliphatic rings. The summed E-state index contributed by atoms with van der Waals surface area (Å²) in [7, 11) is 0. The van der Waals surface area contributed by atoms with Crippen molar-refractivity contribution in [2.75, 3.05) is 11.9 Å². The molecule has 3 N–H and O–H groups in total. The summed E-state index contributed by atoms with van der Waals surface area (Å²) in [6.45, 7) is 0.438. The smallest absolute Gasteiger partial charge is 0.276 e.